The smallest absolute Gasteiger partial charge is 0.420 e. The summed E-state index contributed by atoms with van der Waals surface area (Å²) in [6, 6.07) is 10.5. The molecule has 0 fully saturated rings. The fraction of sp³-hybridized carbons (Fsp3) is 0. The molecule has 0 atom stereocenters. The number of fused-ring (bicyclic) bond motifs is 2. The second-order valence-corrected chi connectivity index (χ2v) is 9.22. The van der Waals surface area contributed by atoms with Crippen LogP contribution in [0.15, 0.2) is 77.5 Å². The van der Waals surface area contributed by atoms with E-state index < -0.39 is 43.6 Å². The number of hydrogen-bond donors (Lipinski definition) is 2. The molecule has 36 heavy (non-hydrogen) atoms. The van der Waals surface area contributed by atoms with Crippen molar-refractivity contribution in [2.75, 3.05) is 0 Å². The van der Waals surface area contributed by atoms with Crippen LogP contribution in [0.2, 0.25) is 0 Å². The Balaban J connectivity index is 0.00000180. The van der Waals surface area contributed by atoms with Crippen LogP contribution in [0.1, 0.15) is 0 Å². The van der Waals surface area contributed by atoms with E-state index in [0.29, 0.717) is 0 Å². The SMILES string of the molecule is O=c1[nH]c(=O)c2c(-c3ccc([S-](=O)=O)cc3)c3c(=O)[nH]c(=O)c3c(-c3ccc([S-](=O)=O)cc3)c12.[K+].[K+]. The maximum Gasteiger partial charge on any atom is 1.00 e. The Labute approximate surface area is 289 Å². The average molecular weight is 573 g/mol. The predicted molar refractivity (Wildman–Crippen MR) is 122 cm³/mol. The van der Waals surface area contributed by atoms with Crippen LogP contribution in [0.25, 0.3) is 43.8 Å². The Morgan fingerprint density at radius 3 is 0.917 bits per heavy atom. The summed E-state index contributed by atoms with van der Waals surface area (Å²) in [7, 11) is -5.02. The molecule has 0 amide bonds. The predicted octanol–water partition coefficient (Wildman–Crippen LogP) is -4.36. The van der Waals surface area contributed by atoms with Gasteiger partial charge in [-0.3, -0.25) is 29.1 Å². The number of aromatic amines is 2. The molecule has 170 valence electrons. The van der Waals surface area contributed by atoms with Crippen LogP contribution in [0.5, 0.6) is 0 Å². The molecule has 0 aliphatic heterocycles. The topological polar surface area (TPSA) is 168 Å². The third-order valence-corrected chi connectivity index (χ3v) is 6.85. The van der Waals surface area contributed by atoms with Crippen LogP contribution < -0.4 is 125 Å². The summed E-state index contributed by atoms with van der Waals surface area (Å²) >= 11 is 0. The quantitative estimate of drug-likeness (QED) is 0.161. The van der Waals surface area contributed by atoms with E-state index in [9.17, 15) is 36.0 Å². The molecule has 14 heteroatoms. The molecule has 2 heterocycles. The summed E-state index contributed by atoms with van der Waals surface area (Å²) in [5, 5.41) is -0.570. The standard InChI is InChI=1S/C22H10N2O8S2.2K/c25-19-15-13(9-1-5-11(6-2-9)33(29)30)16-18(22(28)24-20(16)26)14(17(15)21(27)23-19)10-3-7-12(8-4-10)34(31)32;;/h1-8H,(H,23,25,27)(H,24,26,28);;/q-2;2*+1. The van der Waals surface area contributed by atoms with Gasteiger partial charge in [0.2, 0.25) is 0 Å². The van der Waals surface area contributed by atoms with Crippen molar-refractivity contribution in [3.8, 4) is 22.3 Å². The van der Waals surface area contributed by atoms with Crippen molar-refractivity contribution in [2.45, 2.75) is 9.79 Å². The van der Waals surface area contributed by atoms with E-state index in [0.717, 1.165) is 0 Å². The monoisotopic (exact) mass is 572 g/mol. The van der Waals surface area contributed by atoms with Gasteiger partial charge in [0.1, 0.15) is 0 Å². The van der Waals surface area contributed by atoms with E-state index in [4.69, 9.17) is 0 Å². The van der Waals surface area contributed by atoms with Crippen molar-refractivity contribution in [1.82, 2.24) is 9.97 Å². The van der Waals surface area contributed by atoms with E-state index in [2.05, 4.69) is 9.97 Å². The fourth-order valence-corrected chi connectivity index (χ4v) is 4.87. The summed E-state index contributed by atoms with van der Waals surface area (Å²) in [6.45, 7) is 0. The van der Waals surface area contributed by atoms with Crippen molar-refractivity contribution in [3.63, 3.8) is 0 Å². The molecule has 0 saturated carbocycles. The molecule has 0 bridgehead atoms. The van der Waals surface area contributed by atoms with E-state index in [1.54, 1.807) is 0 Å². The zero-order valence-electron chi connectivity index (χ0n) is 18.7. The van der Waals surface area contributed by atoms with Crippen molar-refractivity contribution in [2.24, 2.45) is 0 Å². The maximum atomic E-state index is 12.8. The third kappa shape index (κ3) is 4.94. The van der Waals surface area contributed by atoms with Crippen molar-refractivity contribution >= 4 is 43.0 Å². The molecule has 0 saturated heterocycles. The molecule has 0 aliphatic rings. The normalized spacial score (nSPS) is 11.2. The number of H-pyrrole nitrogens is 2. The van der Waals surface area contributed by atoms with Crippen LogP contribution in [0, 0.1) is 0 Å². The Hall–Kier alpha value is -0.887. The van der Waals surface area contributed by atoms with Crippen LogP contribution in [0.3, 0.4) is 0 Å². The first-order valence-electron chi connectivity index (χ1n) is 9.53. The molecular formula is C22H10K2N2O8S2. The summed E-state index contributed by atoms with van der Waals surface area (Å²) in [6.07, 6.45) is 0. The molecule has 5 rings (SSSR count). The number of aromatic nitrogens is 2. The average Bonchev–Trinajstić information content (AvgIpc) is 3.27. The molecule has 0 radical (unpaired) electrons. The van der Waals surface area contributed by atoms with Gasteiger partial charge in [0.15, 0.2) is 0 Å². The summed E-state index contributed by atoms with van der Waals surface area (Å²) < 4.78 is 44.9. The van der Waals surface area contributed by atoms with Gasteiger partial charge in [-0.25, -0.2) is 0 Å². The zero-order valence-corrected chi connectivity index (χ0v) is 26.6. The summed E-state index contributed by atoms with van der Waals surface area (Å²) in [5.74, 6) is 0. The molecule has 0 spiro atoms. The second kappa shape index (κ2) is 11.5. The molecule has 2 aromatic heterocycles. The first-order valence-corrected chi connectivity index (χ1v) is 11.7. The summed E-state index contributed by atoms with van der Waals surface area (Å²) in [4.78, 5) is 55.6. The van der Waals surface area contributed by atoms with Crippen LogP contribution in [-0.2, 0) is 38.2 Å². The van der Waals surface area contributed by atoms with Gasteiger partial charge in [-0.05, 0) is 32.5 Å². The molecule has 2 N–H and O–H groups in total. The van der Waals surface area contributed by atoms with Crippen LogP contribution in [-0.4, -0.2) is 9.97 Å². The third-order valence-electron chi connectivity index (χ3n) is 5.53. The first-order chi connectivity index (χ1) is 16.2. The van der Waals surface area contributed by atoms with Crippen LogP contribution >= 0.6 is 0 Å². The summed E-state index contributed by atoms with van der Waals surface area (Å²) in [5.41, 5.74) is -2.64. The van der Waals surface area contributed by atoms with E-state index in [1.165, 1.54) is 48.5 Å². The second-order valence-electron chi connectivity index (χ2n) is 7.33. The van der Waals surface area contributed by atoms with Crippen molar-refractivity contribution in [1.29, 1.82) is 0 Å². The van der Waals surface area contributed by atoms with E-state index in [-0.39, 0.29) is 156 Å². The number of benzene rings is 3. The molecule has 10 nitrogen and oxygen atoms in total. The van der Waals surface area contributed by atoms with E-state index >= 15 is 0 Å². The fourth-order valence-electron chi connectivity index (χ4n) is 4.16. The van der Waals surface area contributed by atoms with Crippen molar-refractivity contribution in [3.05, 3.63) is 89.9 Å². The number of rotatable bonds is 4. The van der Waals surface area contributed by atoms with Gasteiger partial charge in [-0.1, -0.05) is 58.3 Å². The molecular weight excluding hydrogens is 563 g/mol. The van der Waals surface area contributed by atoms with Gasteiger partial charge in [0, 0.05) is 11.1 Å². The zero-order chi connectivity index (χ0) is 24.3. The van der Waals surface area contributed by atoms with Gasteiger partial charge >= 0.3 is 103 Å². The van der Waals surface area contributed by atoms with Gasteiger partial charge < -0.3 is 16.8 Å². The minimum Gasteiger partial charge on any atom is -0.420 e. The van der Waals surface area contributed by atoms with Gasteiger partial charge in [-0.2, -0.15) is 0 Å². The Morgan fingerprint density at radius 2 is 0.694 bits per heavy atom. The molecule has 0 unspecified atom stereocenters. The minimum atomic E-state index is -2.51. The van der Waals surface area contributed by atoms with Gasteiger partial charge in [0.05, 0.1) is 21.5 Å². The molecule has 5 aromatic rings. The maximum absolute atomic E-state index is 12.8. The largest absolute Gasteiger partial charge is 1.00 e. The molecule has 3 aromatic carbocycles. The minimum absolute atomic E-state index is 0. The first kappa shape index (κ1) is 29.7. The Bertz CT molecular complexity index is 1780. The Morgan fingerprint density at radius 1 is 0.444 bits per heavy atom. The Kier molecular flexibility index (Phi) is 9.45. The number of hydrogen-bond acceptors (Lipinski definition) is 10. The van der Waals surface area contributed by atoms with Gasteiger partial charge in [-0.15, -0.1) is 0 Å². The number of nitrogens with one attached hydrogen (secondary N) is 2. The van der Waals surface area contributed by atoms with Crippen LogP contribution in [0.4, 0.5) is 0 Å². The van der Waals surface area contributed by atoms with E-state index in [1.807, 2.05) is 0 Å². The van der Waals surface area contributed by atoms with Crippen molar-refractivity contribution < 1.29 is 120 Å². The molecule has 0 aliphatic carbocycles. The van der Waals surface area contributed by atoms with Gasteiger partial charge in [0.25, 0.3) is 22.2 Å².